The molecular formula is C14H20N2O2S. The molecule has 4 nitrogen and oxygen atoms in total. The average molecular weight is 280 g/mol. The number of rotatable bonds is 4. The van der Waals surface area contributed by atoms with Crippen LogP contribution in [0.4, 0.5) is 5.00 Å². The summed E-state index contributed by atoms with van der Waals surface area (Å²) in [5, 5.41) is 3.45. The summed E-state index contributed by atoms with van der Waals surface area (Å²) in [6, 6.07) is 0. The van der Waals surface area contributed by atoms with Gasteiger partial charge in [0.1, 0.15) is 5.00 Å². The summed E-state index contributed by atoms with van der Waals surface area (Å²) < 4.78 is 0. The van der Waals surface area contributed by atoms with Gasteiger partial charge in [0.25, 0.3) is 5.91 Å². The first-order valence-corrected chi connectivity index (χ1v) is 7.62. The van der Waals surface area contributed by atoms with Crippen molar-refractivity contribution in [1.82, 2.24) is 0 Å². The SMILES string of the molecule is CCC(=O)Nc1sc2c(c1C(N)=O)CCC(CC)C2. The van der Waals surface area contributed by atoms with E-state index in [-0.39, 0.29) is 5.91 Å². The number of nitrogens with one attached hydrogen (secondary N) is 1. The van der Waals surface area contributed by atoms with Gasteiger partial charge in [0.2, 0.25) is 5.91 Å². The number of carbonyl (C=O) groups excluding carboxylic acids is 2. The summed E-state index contributed by atoms with van der Waals surface area (Å²) in [5.41, 5.74) is 7.09. The van der Waals surface area contributed by atoms with Gasteiger partial charge >= 0.3 is 0 Å². The molecule has 1 aromatic heterocycles. The van der Waals surface area contributed by atoms with Crippen molar-refractivity contribution in [1.29, 1.82) is 0 Å². The van der Waals surface area contributed by atoms with Crippen LogP contribution in [-0.4, -0.2) is 11.8 Å². The number of amides is 2. The second-order valence-electron chi connectivity index (χ2n) is 4.99. The van der Waals surface area contributed by atoms with E-state index in [1.165, 1.54) is 16.2 Å². The Morgan fingerprint density at radius 3 is 2.74 bits per heavy atom. The van der Waals surface area contributed by atoms with Gasteiger partial charge < -0.3 is 11.1 Å². The van der Waals surface area contributed by atoms with Crippen LogP contribution in [0, 0.1) is 5.92 Å². The molecule has 0 aliphatic heterocycles. The molecule has 2 rings (SSSR count). The molecule has 0 bridgehead atoms. The second-order valence-corrected chi connectivity index (χ2v) is 6.10. The number of primary amides is 1. The molecule has 1 unspecified atom stereocenters. The van der Waals surface area contributed by atoms with Crippen LogP contribution in [0.3, 0.4) is 0 Å². The molecule has 0 saturated carbocycles. The standard InChI is InChI=1S/C14H20N2O2S/c1-3-8-5-6-9-10(7-8)19-14(12(9)13(15)18)16-11(17)4-2/h8H,3-7H2,1-2H3,(H2,15,18)(H,16,17). The largest absolute Gasteiger partial charge is 0.365 e. The van der Waals surface area contributed by atoms with Gasteiger partial charge in [-0.3, -0.25) is 9.59 Å². The monoisotopic (exact) mass is 280 g/mol. The van der Waals surface area contributed by atoms with Gasteiger partial charge in [-0.2, -0.15) is 0 Å². The Hall–Kier alpha value is -1.36. The average Bonchev–Trinajstić information content (AvgIpc) is 2.74. The van der Waals surface area contributed by atoms with Gasteiger partial charge in [0, 0.05) is 11.3 Å². The molecule has 104 valence electrons. The van der Waals surface area contributed by atoms with Crippen molar-refractivity contribution in [3.05, 3.63) is 16.0 Å². The summed E-state index contributed by atoms with van der Waals surface area (Å²) in [7, 11) is 0. The van der Waals surface area contributed by atoms with Crippen molar-refractivity contribution in [2.75, 3.05) is 5.32 Å². The molecule has 0 fully saturated rings. The van der Waals surface area contributed by atoms with Gasteiger partial charge in [0.05, 0.1) is 5.56 Å². The van der Waals surface area contributed by atoms with Crippen molar-refractivity contribution in [2.24, 2.45) is 11.7 Å². The Labute approximate surface area is 117 Å². The second kappa shape index (κ2) is 5.74. The van der Waals surface area contributed by atoms with Crippen molar-refractivity contribution < 1.29 is 9.59 Å². The first-order valence-electron chi connectivity index (χ1n) is 6.80. The number of anilines is 1. The molecule has 0 spiro atoms. The highest BCUT2D eigenvalue weighted by molar-refractivity contribution is 7.17. The Morgan fingerprint density at radius 2 is 2.16 bits per heavy atom. The zero-order chi connectivity index (χ0) is 14.0. The smallest absolute Gasteiger partial charge is 0.251 e. The zero-order valence-electron chi connectivity index (χ0n) is 11.4. The van der Waals surface area contributed by atoms with Crippen LogP contribution in [0.1, 0.15) is 53.9 Å². The van der Waals surface area contributed by atoms with E-state index in [2.05, 4.69) is 12.2 Å². The van der Waals surface area contributed by atoms with E-state index in [0.717, 1.165) is 31.2 Å². The molecule has 0 radical (unpaired) electrons. The predicted molar refractivity (Wildman–Crippen MR) is 77.6 cm³/mol. The van der Waals surface area contributed by atoms with Crippen molar-refractivity contribution in [3.8, 4) is 0 Å². The van der Waals surface area contributed by atoms with Crippen LogP contribution in [0.25, 0.3) is 0 Å². The molecule has 0 saturated heterocycles. The summed E-state index contributed by atoms with van der Waals surface area (Å²) in [4.78, 5) is 24.4. The predicted octanol–water partition coefficient (Wildman–Crippen LogP) is 2.71. The van der Waals surface area contributed by atoms with E-state index in [9.17, 15) is 9.59 Å². The van der Waals surface area contributed by atoms with E-state index in [1.807, 2.05) is 0 Å². The zero-order valence-corrected chi connectivity index (χ0v) is 12.2. The lowest BCUT2D eigenvalue weighted by molar-refractivity contribution is -0.115. The van der Waals surface area contributed by atoms with E-state index in [1.54, 1.807) is 6.92 Å². The van der Waals surface area contributed by atoms with Crippen molar-refractivity contribution in [2.45, 2.75) is 46.0 Å². The molecule has 3 N–H and O–H groups in total. The molecule has 0 aromatic carbocycles. The van der Waals surface area contributed by atoms with Crippen LogP contribution in [0.15, 0.2) is 0 Å². The number of fused-ring (bicyclic) bond motifs is 1. The quantitative estimate of drug-likeness (QED) is 0.890. The minimum absolute atomic E-state index is 0.0758. The number of hydrogen-bond donors (Lipinski definition) is 2. The topological polar surface area (TPSA) is 72.2 Å². The van der Waals surface area contributed by atoms with Gasteiger partial charge in [-0.05, 0) is 30.7 Å². The summed E-state index contributed by atoms with van der Waals surface area (Å²) >= 11 is 1.52. The van der Waals surface area contributed by atoms with E-state index >= 15 is 0 Å². The maximum Gasteiger partial charge on any atom is 0.251 e. The maximum atomic E-state index is 11.7. The van der Waals surface area contributed by atoms with E-state index in [0.29, 0.717) is 22.9 Å². The summed E-state index contributed by atoms with van der Waals surface area (Å²) in [6.07, 6.45) is 4.54. The third kappa shape index (κ3) is 2.81. The fourth-order valence-electron chi connectivity index (χ4n) is 2.57. The van der Waals surface area contributed by atoms with Crippen LogP contribution >= 0.6 is 11.3 Å². The van der Waals surface area contributed by atoms with Crippen LogP contribution in [0.2, 0.25) is 0 Å². The Bertz CT molecular complexity index is 508. The molecule has 5 heteroatoms. The van der Waals surface area contributed by atoms with E-state index < -0.39 is 5.91 Å². The van der Waals surface area contributed by atoms with E-state index in [4.69, 9.17) is 5.73 Å². The molecule has 1 aromatic rings. The first kappa shape index (κ1) is 14.1. The Balaban J connectivity index is 2.36. The van der Waals surface area contributed by atoms with Crippen LogP contribution in [-0.2, 0) is 17.6 Å². The van der Waals surface area contributed by atoms with Crippen molar-refractivity contribution in [3.63, 3.8) is 0 Å². The van der Waals surface area contributed by atoms with Gasteiger partial charge in [-0.15, -0.1) is 11.3 Å². The fraction of sp³-hybridized carbons (Fsp3) is 0.571. The Kier molecular flexibility index (Phi) is 4.24. The lowest BCUT2D eigenvalue weighted by atomic mass is 9.85. The molecule has 1 atom stereocenters. The maximum absolute atomic E-state index is 11.7. The molecule has 1 heterocycles. The third-order valence-corrected chi connectivity index (χ3v) is 4.93. The molecule has 1 aliphatic carbocycles. The first-order chi connectivity index (χ1) is 9.06. The number of hydrogen-bond acceptors (Lipinski definition) is 3. The van der Waals surface area contributed by atoms with Gasteiger partial charge in [-0.1, -0.05) is 20.3 Å². The third-order valence-electron chi connectivity index (χ3n) is 3.77. The molecular weight excluding hydrogens is 260 g/mol. The van der Waals surface area contributed by atoms with Crippen LogP contribution < -0.4 is 11.1 Å². The Morgan fingerprint density at radius 1 is 1.42 bits per heavy atom. The lowest BCUT2D eigenvalue weighted by Crippen LogP contribution is -2.19. The number of thiophene rings is 1. The highest BCUT2D eigenvalue weighted by Crippen LogP contribution is 2.40. The van der Waals surface area contributed by atoms with Crippen LogP contribution in [0.5, 0.6) is 0 Å². The van der Waals surface area contributed by atoms with Gasteiger partial charge in [0.15, 0.2) is 0 Å². The molecule has 19 heavy (non-hydrogen) atoms. The fourth-order valence-corrected chi connectivity index (χ4v) is 3.95. The summed E-state index contributed by atoms with van der Waals surface area (Å²) in [6.45, 7) is 3.98. The van der Waals surface area contributed by atoms with Gasteiger partial charge in [-0.25, -0.2) is 0 Å². The lowest BCUT2D eigenvalue weighted by Gasteiger charge is -2.20. The normalized spacial score (nSPS) is 17.9. The summed E-state index contributed by atoms with van der Waals surface area (Å²) in [5.74, 6) is 0.175. The van der Waals surface area contributed by atoms with Crippen molar-refractivity contribution >= 4 is 28.2 Å². The number of nitrogens with two attached hydrogens (primary N) is 1. The number of carbonyl (C=O) groups is 2. The minimum atomic E-state index is -0.432. The highest BCUT2D eigenvalue weighted by Gasteiger charge is 2.27. The highest BCUT2D eigenvalue weighted by atomic mass is 32.1. The molecule has 2 amide bonds. The minimum Gasteiger partial charge on any atom is -0.365 e. The molecule has 1 aliphatic rings.